The number of para-hydroxylation sites is 1. The minimum absolute atomic E-state index is 0.0419. The van der Waals surface area contributed by atoms with Gasteiger partial charge in [0, 0.05) is 31.1 Å². The van der Waals surface area contributed by atoms with Crippen LogP contribution < -0.4 is 4.74 Å². The number of amides is 1. The van der Waals surface area contributed by atoms with Crippen LogP contribution in [0.5, 0.6) is 11.5 Å². The molecule has 0 unspecified atom stereocenters. The molecule has 40 heavy (non-hydrogen) atoms. The molecule has 2 heterocycles. The summed E-state index contributed by atoms with van der Waals surface area (Å²) in [6.45, 7) is 11.6. The lowest BCUT2D eigenvalue weighted by Gasteiger charge is -2.42. The van der Waals surface area contributed by atoms with E-state index in [9.17, 15) is 14.7 Å². The minimum atomic E-state index is -0.976. The maximum Gasteiger partial charge on any atom is 0.410 e. The Balaban J connectivity index is 1.63. The third-order valence-corrected chi connectivity index (χ3v) is 6.66. The summed E-state index contributed by atoms with van der Waals surface area (Å²) >= 11 is 6.28. The average Bonchev–Trinajstić information content (AvgIpc) is 2.98. The first-order valence-corrected chi connectivity index (χ1v) is 13.9. The van der Waals surface area contributed by atoms with Gasteiger partial charge in [-0.2, -0.15) is 0 Å². The zero-order valence-electron chi connectivity index (χ0n) is 23.9. The van der Waals surface area contributed by atoms with Crippen molar-refractivity contribution in [3.63, 3.8) is 0 Å². The maximum absolute atomic E-state index is 13.2. The molecule has 9 nitrogen and oxygen atoms in total. The number of benzene rings is 2. The lowest BCUT2D eigenvalue weighted by Crippen LogP contribution is -2.58. The Morgan fingerprint density at radius 2 is 1.85 bits per heavy atom. The summed E-state index contributed by atoms with van der Waals surface area (Å²) in [4.78, 5) is 34.8. The Labute approximate surface area is 240 Å². The monoisotopic (exact) mass is 571 g/mol. The number of halogens is 1. The van der Waals surface area contributed by atoms with Gasteiger partial charge in [-0.25, -0.2) is 9.79 Å². The van der Waals surface area contributed by atoms with E-state index >= 15 is 0 Å². The molecule has 2 aromatic carbocycles. The summed E-state index contributed by atoms with van der Waals surface area (Å²) in [6.07, 6.45) is -0.725. The van der Waals surface area contributed by atoms with Crippen molar-refractivity contribution in [2.45, 2.75) is 77.7 Å². The molecule has 1 saturated heterocycles. The highest BCUT2D eigenvalue weighted by atomic mass is 35.5. The normalized spacial score (nSPS) is 18.0. The van der Waals surface area contributed by atoms with Crippen LogP contribution in [-0.2, 0) is 14.3 Å². The van der Waals surface area contributed by atoms with Crippen LogP contribution in [-0.4, -0.2) is 75.8 Å². The number of carbonyl (C=O) groups is 2. The van der Waals surface area contributed by atoms with Gasteiger partial charge in [0.15, 0.2) is 5.75 Å². The Morgan fingerprint density at radius 1 is 1.12 bits per heavy atom. The molecule has 4 rings (SSSR count). The molecule has 1 amide bonds. The SMILES string of the molecule is C[C@H](CC(C)(C)O)OC(=O)C[C@H]1CN(C2=Nc3cc(Cl)ccc3Oc3ccccc32)CCN1C(=O)OC(C)(C)C. The Hall–Kier alpha value is -3.30. The molecule has 2 aliphatic heterocycles. The van der Waals surface area contributed by atoms with Crippen LogP contribution in [0.3, 0.4) is 0 Å². The summed E-state index contributed by atoms with van der Waals surface area (Å²) in [5, 5.41) is 10.6. The molecule has 1 N–H and O–H groups in total. The van der Waals surface area contributed by atoms with E-state index in [1.165, 1.54) is 0 Å². The average molecular weight is 572 g/mol. The molecule has 0 aliphatic carbocycles. The van der Waals surface area contributed by atoms with E-state index in [1.54, 1.807) is 43.9 Å². The molecule has 0 bridgehead atoms. The summed E-state index contributed by atoms with van der Waals surface area (Å²) in [5.41, 5.74) is -0.285. The summed E-state index contributed by atoms with van der Waals surface area (Å²) in [7, 11) is 0. The zero-order valence-corrected chi connectivity index (χ0v) is 24.7. The van der Waals surface area contributed by atoms with E-state index in [0.29, 0.717) is 54.1 Å². The molecule has 2 aliphatic rings. The van der Waals surface area contributed by atoms with Crippen molar-refractivity contribution in [3.8, 4) is 11.5 Å². The van der Waals surface area contributed by atoms with Crippen molar-refractivity contribution in [1.29, 1.82) is 0 Å². The number of aliphatic hydroxyl groups is 1. The highest BCUT2D eigenvalue weighted by Gasteiger charge is 2.37. The van der Waals surface area contributed by atoms with Gasteiger partial charge in [-0.3, -0.25) is 4.79 Å². The molecule has 0 spiro atoms. The number of fused-ring (bicyclic) bond motifs is 2. The van der Waals surface area contributed by atoms with Gasteiger partial charge in [0.2, 0.25) is 0 Å². The van der Waals surface area contributed by atoms with E-state index in [1.807, 2.05) is 45.0 Å². The first-order valence-electron chi connectivity index (χ1n) is 13.5. The molecule has 0 radical (unpaired) electrons. The molecule has 2 aromatic rings. The summed E-state index contributed by atoms with van der Waals surface area (Å²) in [6, 6.07) is 12.4. The molecule has 2 atom stereocenters. The quantitative estimate of drug-likeness (QED) is 0.444. The molecule has 0 aromatic heterocycles. The second-order valence-electron chi connectivity index (χ2n) is 11.9. The molecule has 10 heteroatoms. The number of aliphatic imine (C=N–C) groups is 1. The fourth-order valence-electron chi connectivity index (χ4n) is 4.93. The Bertz CT molecular complexity index is 1280. The van der Waals surface area contributed by atoms with E-state index in [2.05, 4.69) is 4.90 Å². The van der Waals surface area contributed by atoms with Gasteiger partial charge in [-0.1, -0.05) is 23.7 Å². The number of ether oxygens (including phenoxy) is 3. The summed E-state index contributed by atoms with van der Waals surface area (Å²) < 4.78 is 17.5. The first-order chi connectivity index (χ1) is 18.7. The van der Waals surface area contributed by atoms with Crippen LogP contribution in [0.25, 0.3) is 0 Å². The van der Waals surface area contributed by atoms with Crippen LogP contribution in [0.1, 0.15) is 59.9 Å². The van der Waals surface area contributed by atoms with Gasteiger partial charge in [-0.15, -0.1) is 0 Å². The minimum Gasteiger partial charge on any atom is -0.462 e. The number of rotatable bonds is 5. The molecule has 0 saturated carbocycles. The predicted octanol–water partition coefficient (Wildman–Crippen LogP) is 5.93. The number of esters is 1. The van der Waals surface area contributed by atoms with Crippen molar-refractivity contribution in [2.24, 2.45) is 4.99 Å². The second kappa shape index (κ2) is 11.7. The lowest BCUT2D eigenvalue weighted by molar-refractivity contribution is -0.152. The number of carbonyl (C=O) groups excluding carboxylic acids is 2. The van der Waals surface area contributed by atoms with Crippen molar-refractivity contribution in [3.05, 3.63) is 53.1 Å². The standard InChI is InChI=1S/C30H38ClN3O6/c1-19(17-30(5,6)37)38-26(35)16-21-18-33(13-14-34(21)28(36)40-29(2,3)4)27-22-9-7-8-10-24(22)39-25-12-11-20(31)15-23(25)32-27/h7-12,15,19,21,37H,13-14,16-18H2,1-6H3/t19-,21+/m1/s1. The van der Waals surface area contributed by atoms with Gasteiger partial charge in [0.1, 0.15) is 29.0 Å². The van der Waals surface area contributed by atoms with Crippen molar-refractivity contribution < 1.29 is 28.9 Å². The Kier molecular flexibility index (Phi) is 8.66. The highest BCUT2D eigenvalue weighted by molar-refractivity contribution is 6.31. The topological polar surface area (TPSA) is 101 Å². The van der Waals surface area contributed by atoms with E-state index in [4.69, 9.17) is 30.8 Å². The summed E-state index contributed by atoms with van der Waals surface area (Å²) in [5.74, 6) is 1.43. The van der Waals surface area contributed by atoms with Gasteiger partial charge in [0.25, 0.3) is 0 Å². The van der Waals surface area contributed by atoms with Crippen molar-refractivity contribution in [1.82, 2.24) is 9.80 Å². The van der Waals surface area contributed by atoms with Gasteiger partial charge >= 0.3 is 12.1 Å². The molecular formula is C30H38ClN3O6. The predicted molar refractivity (Wildman–Crippen MR) is 154 cm³/mol. The van der Waals surface area contributed by atoms with Crippen LogP contribution in [0.4, 0.5) is 10.5 Å². The zero-order chi connectivity index (χ0) is 29.2. The van der Waals surface area contributed by atoms with Gasteiger partial charge < -0.3 is 29.1 Å². The van der Waals surface area contributed by atoms with Crippen molar-refractivity contribution >= 4 is 35.2 Å². The third kappa shape index (κ3) is 7.67. The number of hydrogen-bond donors (Lipinski definition) is 1. The van der Waals surface area contributed by atoms with E-state index in [0.717, 1.165) is 5.56 Å². The van der Waals surface area contributed by atoms with Gasteiger partial charge in [-0.05, 0) is 71.9 Å². The van der Waals surface area contributed by atoms with E-state index < -0.39 is 35.4 Å². The first kappa shape index (κ1) is 29.7. The van der Waals surface area contributed by atoms with Crippen LogP contribution in [0.2, 0.25) is 5.02 Å². The third-order valence-electron chi connectivity index (χ3n) is 6.43. The van der Waals surface area contributed by atoms with Crippen LogP contribution in [0.15, 0.2) is 47.5 Å². The number of nitrogens with zero attached hydrogens (tertiary/aromatic N) is 3. The molecule has 216 valence electrons. The van der Waals surface area contributed by atoms with Crippen LogP contribution in [0, 0.1) is 0 Å². The largest absolute Gasteiger partial charge is 0.462 e. The Morgan fingerprint density at radius 3 is 2.55 bits per heavy atom. The van der Waals surface area contributed by atoms with Gasteiger partial charge in [0.05, 0.1) is 23.6 Å². The maximum atomic E-state index is 13.2. The fourth-order valence-corrected chi connectivity index (χ4v) is 5.10. The van der Waals surface area contributed by atoms with Crippen LogP contribution >= 0.6 is 11.6 Å². The molecular weight excluding hydrogens is 534 g/mol. The smallest absolute Gasteiger partial charge is 0.410 e. The number of hydrogen-bond acceptors (Lipinski definition) is 8. The lowest BCUT2D eigenvalue weighted by atomic mass is 10.0. The number of amidine groups is 1. The van der Waals surface area contributed by atoms with Crippen molar-refractivity contribution in [2.75, 3.05) is 19.6 Å². The fraction of sp³-hybridized carbons (Fsp3) is 0.500. The second-order valence-corrected chi connectivity index (χ2v) is 12.4. The molecule has 1 fully saturated rings. The number of piperazine rings is 1. The highest BCUT2D eigenvalue weighted by Crippen LogP contribution is 2.40. The van der Waals surface area contributed by atoms with E-state index in [-0.39, 0.29) is 6.42 Å².